The highest BCUT2D eigenvalue weighted by atomic mass is 16.6. The second-order valence-electron chi connectivity index (χ2n) is 5.29. The third-order valence-electron chi connectivity index (χ3n) is 3.09. The Morgan fingerprint density at radius 2 is 2.00 bits per heavy atom. The van der Waals surface area contributed by atoms with Gasteiger partial charge in [0.25, 0.3) is 17.5 Å². The number of ether oxygens (including phenoxy) is 1. The van der Waals surface area contributed by atoms with Crippen LogP contribution >= 0.6 is 0 Å². The molecule has 2 amide bonds. The molecule has 0 radical (unpaired) electrons. The highest BCUT2D eigenvalue weighted by Gasteiger charge is 2.20. The SMILES string of the molecule is COc1ccc(NC(=O)C[NH+](C)CC(=O)N(C)C)c([N+](=O)[O-])c1. The summed E-state index contributed by atoms with van der Waals surface area (Å²) in [5.41, 5.74) is -0.160. The lowest BCUT2D eigenvalue weighted by atomic mass is 10.2. The minimum Gasteiger partial charge on any atom is -0.496 e. The summed E-state index contributed by atoms with van der Waals surface area (Å²) < 4.78 is 4.93. The molecular weight excluding hydrogens is 304 g/mol. The van der Waals surface area contributed by atoms with E-state index in [1.165, 1.54) is 30.2 Å². The summed E-state index contributed by atoms with van der Waals surface area (Å²) in [7, 11) is 6.37. The molecule has 0 bridgehead atoms. The average Bonchev–Trinajstić information content (AvgIpc) is 2.46. The second kappa shape index (κ2) is 8.08. The zero-order valence-corrected chi connectivity index (χ0v) is 13.6. The number of nitro benzene ring substituents is 1. The van der Waals surface area contributed by atoms with E-state index in [2.05, 4.69) is 5.32 Å². The van der Waals surface area contributed by atoms with Gasteiger partial charge in [0, 0.05) is 14.1 Å². The number of hydrogen-bond acceptors (Lipinski definition) is 5. The number of benzene rings is 1. The fourth-order valence-electron chi connectivity index (χ4n) is 1.84. The lowest BCUT2D eigenvalue weighted by Gasteiger charge is -2.16. The Labute approximate surface area is 134 Å². The standard InChI is InChI=1S/C14H20N4O5/c1-16(2)14(20)9-17(3)8-13(19)15-11-6-5-10(23-4)7-12(11)18(21)22/h5-7H,8-9H2,1-4H3,(H,15,19)/p+1. The number of anilines is 1. The Kier molecular flexibility index (Phi) is 6.46. The van der Waals surface area contributed by atoms with Crippen molar-refractivity contribution in [2.75, 3.05) is 46.7 Å². The minimum atomic E-state index is -0.593. The van der Waals surface area contributed by atoms with E-state index < -0.39 is 10.8 Å². The van der Waals surface area contributed by atoms with Crippen LogP contribution in [0.4, 0.5) is 11.4 Å². The molecule has 0 saturated heterocycles. The van der Waals surface area contributed by atoms with Crippen molar-refractivity contribution in [3.05, 3.63) is 28.3 Å². The zero-order valence-electron chi connectivity index (χ0n) is 13.6. The third kappa shape index (κ3) is 5.55. The van der Waals surface area contributed by atoms with E-state index in [0.29, 0.717) is 10.6 Å². The van der Waals surface area contributed by atoms with Gasteiger partial charge in [-0.05, 0) is 12.1 Å². The Hall–Kier alpha value is -2.68. The van der Waals surface area contributed by atoms with Crippen LogP contribution in [0.25, 0.3) is 0 Å². The summed E-state index contributed by atoms with van der Waals surface area (Å²) in [6.07, 6.45) is 0. The second-order valence-corrected chi connectivity index (χ2v) is 5.29. The van der Waals surface area contributed by atoms with Gasteiger partial charge in [-0.3, -0.25) is 19.7 Å². The van der Waals surface area contributed by atoms with E-state index in [-0.39, 0.29) is 30.4 Å². The van der Waals surface area contributed by atoms with Gasteiger partial charge in [-0.25, -0.2) is 0 Å². The Balaban J connectivity index is 2.74. The molecule has 1 unspecified atom stereocenters. The van der Waals surface area contributed by atoms with Crippen LogP contribution in [0.2, 0.25) is 0 Å². The highest BCUT2D eigenvalue weighted by Crippen LogP contribution is 2.28. The average molecular weight is 325 g/mol. The lowest BCUT2D eigenvalue weighted by molar-refractivity contribution is -0.862. The number of quaternary nitrogens is 1. The summed E-state index contributed by atoms with van der Waals surface area (Å²) in [5, 5.41) is 13.6. The van der Waals surface area contributed by atoms with Crippen molar-refractivity contribution in [3.63, 3.8) is 0 Å². The third-order valence-corrected chi connectivity index (χ3v) is 3.09. The van der Waals surface area contributed by atoms with Crippen LogP contribution in [0.15, 0.2) is 18.2 Å². The van der Waals surface area contributed by atoms with E-state index in [1.54, 1.807) is 21.1 Å². The molecular formula is C14H21N4O5+. The molecule has 1 aromatic rings. The number of amides is 2. The number of rotatable bonds is 7. The summed E-state index contributed by atoms with van der Waals surface area (Å²) in [6, 6.07) is 4.17. The number of likely N-dealkylation sites (N-methyl/N-ethyl adjacent to an activating group) is 2. The van der Waals surface area contributed by atoms with Crippen molar-refractivity contribution >= 4 is 23.2 Å². The van der Waals surface area contributed by atoms with Crippen LogP contribution in [-0.2, 0) is 9.59 Å². The van der Waals surface area contributed by atoms with Gasteiger partial charge in [0.1, 0.15) is 11.4 Å². The maximum atomic E-state index is 12.0. The van der Waals surface area contributed by atoms with Crippen molar-refractivity contribution in [1.29, 1.82) is 0 Å². The van der Waals surface area contributed by atoms with Crippen molar-refractivity contribution < 1.29 is 24.1 Å². The molecule has 0 fully saturated rings. The van der Waals surface area contributed by atoms with Crippen LogP contribution in [0, 0.1) is 10.1 Å². The number of nitrogens with one attached hydrogen (secondary N) is 2. The molecule has 9 heteroatoms. The fourth-order valence-corrected chi connectivity index (χ4v) is 1.84. The summed E-state index contributed by atoms with van der Waals surface area (Å²) in [6.45, 7) is 0.174. The summed E-state index contributed by atoms with van der Waals surface area (Å²) >= 11 is 0. The Morgan fingerprint density at radius 3 is 2.52 bits per heavy atom. The van der Waals surface area contributed by atoms with Crippen LogP contribution in [-0.4, -0.2) is 63.0 Å². The van der Waals surface area contributed by atoms with Gasteiger partial charge in [0.2, 0.25) is 0 Å². The fraction of sp³-hybridized carbons (Fsp3) is 0.429. The Bertz CT molecular complexity index is 603. The van der Waals surface area contributed by atoms with E-state index in [0.717, 1.165) is 0 Å². The Morgan fingerprint density at radius 1 is 1.35 bits per heavy atom. The van der Waals surface area contributed by atoms with Crippen LogP contribution in [0.3, 0.4) is 0 Å². The highest BCUT2D eigenvalue weighted by molar-refractivity contribution is 5.94. The van der Waals surface area contributed by atoms with Crippen molar-refractivity contribution in [2.45, 2.75) is 0 Å². The molecule has 0 aliphatic rings. The van der Waals surface area contributed by atoms with Gasteiger partial charge >= 0.3 is 0 Å². The monoisotopic (exact) mass is 325 g/mol. The molecule has 0 spiro atoms. The van der Waals surface area contributed by atoms with Gasteiger partial charge in [-0.1, -0.05) is 0 Å². The maximum absolute atomic E-state index is 12.0. The topological polar surface area (TPSA) is 106 Å². The van der Waals surface area contributed by atoms with Crippen molar-refractivity contribution in [2.24, 2.45) is 0 Å². The smallest absolute Gasteiger partial charge is 0.296 e. The summed E-state index contributed by atoms with van der Waals surface area (Å²) in [5.74, 6) is -0.193. The lowest BCUT2D eigenvalue weighted by Crippen LogP contribution is -3.11. The molecule has 0 aliphatic carbocycles. The molecule has 1 rings (SSSR count). The van der Waals surface area contributed by atoms with Gasteiger partial charge in [-0.15, -0.1) is 0 Å². The molecule has 0 aliphatic heterocycles. The first-order chi connectivity index (χ1) is 10.7. The van der Waals surface area contributed by atoms with E-state index in [9.17, 15) is 19.7 Å². The number of hydrogen-bond donors (Lipinski definition) is 2. The number of carbonyl (C=O) groups is 2. The van der Waals surface area contributed by atoms with Crippen molar-refractivity contribution in [3.8, 4) is 5.75 Å². The quantitative estimate of drug-likeness (QED) is 0.501. The van der Waals surface area contributed by atoms with Gasteiger partial charge in [-0.2, -0.15) is 0 Å². The molecule has 0 saturated carbocycles. The van der Waals surface area contributed by atoms with Crippen LogP contribution < -0.4 is 15.0 Å². The molecule has 126 valence electrons. The first-order valence-electron chi connectivity index (χ1n) is 6.88. The zero-order chi connectivity index (χ0) is 17.6. The number of nitro groups is 1. The van der Waals surface area contributed by atoms with E-state index in [4.69, 9.17) is 4.74 Å². The largest absolute Gasteiger partial charge is 0.496 e. The number of nitrogens with zero attached hydrogens (tertiary/aromatic N) is 2. The molecule has 0 aromatic heterocycles. The van der Waals surface area contributed by atoms with E-state index in [1.807, 2.05) is 0 Å². The van der Waals surface area contributed by atoms with E-state index >= 15 is 0 Å². The van der Waals surface area contributed by atoms with Gasteiger partial charge in [0.05, 0.1) is 25.1 Å². The first-order valence-corrected chi connectivity index (χ1v) is 6.88. The van der Waals surface area contributed by atoms with Gasteiger partial charge < -0.3 is 19.9 Å². The van der Waals surface area contributed by atoms with Crippen molar-refractivity contribution in [1.82, 2.24) is 4.90 Å². The maximum Gasteiger partial charge on any atom is 0.296 e. The predicted octanol–water partition coefficient (Wildman–Crippen LogP) is -0.855. The van der Waals surface area contributed by atoms with Crippen LogP contribution in [0.5, 0.6) is 5.75 Å². The molecule has 2 N–H and O–H groups in total. The first kappa shape index (κ1) is 18.4. The number of methoxy groups -OCH3 is 1. The predicted molar refractivity (Wildman–Crippen MR) is 83.6 cm³/mol. The molecule has 1 aromatic carbocycles. The molecule has 1 atom stereocenters. The summed E-state index contributed by atoms with van der Waals surface area (Å²) in [4.78, 5) is 36.2. The minimum absolute atomic E-state index is 0.0166. The molecule has 23 heavy (non-hydrogen) atoms. The number of carbonyl (C=O) groups excluding carboxylic acids is 2. The normalized spacial score (nSPS) is 11.5. The molecule has 0 heterocycles. The van der Waals surface area contributed by atoms with Gasteiger partial charge in [0.15, 0.2) is 13.1 Å². The van der Waals surface area contributed by atoms with Crippen LogP contribution in [0.1, 0.15) is 0 Å². The molecule has 9 nitrogen and oxygen atoms in total.